The average Bonchev–Trinajstić information content (AvgIpc) is 2.62. The van der Waals surface area contributed by atoms with E-state index >= 15 is 9.13 Å². The number of rotatable bonds is 10. The van der Waals surface area contributed by atoms with Gasteiger partial charge in [-0.2, -0.15) is 0 Å². The molecule has 0 N–H and O–H groups in total. The smallest absolute Gasteiger partial charge is 0.171 e. The van der Waals surface area contributed by atoms with Crippen LogP contribution in [0.5, 0.6) is 0 Å². The molecule has 16 rings (SSSR count). The van der Waals surface area contributed by atoms with Gasteiger partial charge in [-0.3, -0.25) is 0 Å². The van der Waals surface area contributed by atoms with E-state index in [1.165, 1.54) is 71.6 Å². The zero-order valence-corrected chi connectivity index (χ0v) is 50.0. The van der Waals surface area contributed by atoms with Crippen LogP contribution >= 0.6 is 14.3 Å². The van der Waals surface area contributed by atoms with Crippen molar-refractivity contribution in [2.24, 2.45) is 0 Å². The molecule has 0 aromatic heterocycles. The van der Waals surface area contributed by atoms with Crippen molar-refractivity contribution in [2.75, 3.05) is 0 Å². The standard InChI is InChI=1S/C82H60O2P2/c1-81(2)75-43-40-59(66-42-45-80(69-33-19-18-32-67(66)69)86(84,63-28-12-6-13-29-63)64-30-14-7-15-31-64)48-71(75)73-50-60-46-54(38-39-57(60)51-77(73)81)53-82(3)76-44-41-58(49-72(76)74-47-55-22-16-17-23-56(55)52-78(74)82)65-34-20-36-70-68(65)35-21-37-79(70)85(83,61-24-8-4-9-25-61)62-26-10-5-11-27-62/h4-52H,53H2,1-3H3. The summed E-state index contributed by atoms with van der Waals surface area (Å²) in [4.78, 5) is 0. The topological polar surface area (TPSA) is 34.1 Å². The van der Waals surface area contributed by atoms with E-state index in [9.17, 15) is 0 Å². The second kappa shape index (κ2) is 19.8. The quantitative estimate of drug-likeness (QED) is 0.128. The van der Waals surface area contributed by atoms with Crippen LogP contribution in [0, 0.1) is 0 Å². The molecule has 14 aromatic carbocycles. The molecule has 4 heteroatoms. The highest BCUT2D eigenvalue weighted by Crippen LogP contribution is 2.55. The van der Waals surface area contributed by atoms with Gasteiger partial charge in [-0.1, -0.05) is 276 Å². The highest BCUT2D eigenvalue weighted by Gasteiger charge is 2.41. The van der Waals surface area contributed by atoms with Crippen molar-refractivity contribution in [3.8, 4) is 44.5 Å². The predicted molar refractivity (Wildman–Crippen MR) is 366 cm³/mol. The fourth-order valence-electron chi connectivity index (χ4n) is 14.9. The fourth-order valence-corrected chi connectivity index (χ4v) is 20.7. The van der Waals surface area contributed by atoms with E-state index in [1.54, 1.807) is 0 Å². The summed E-state index contributed by atoms with van der Waals surface area (Å²) in [5.74, 6) is 0. The van der Waals surface area contributed by atoms with Crippen molar-refractivity contribution in [3.05, 3.63) is 325 Å². The van der Waals surface area contributed by atoms with Crippen LogP contribution in [0.25, 0.3) is 87.6 Å². The zero-order chi connectivity index (χ0) is 57.9. The predicted octanol–water partition coefficient (Wildman–Crippen LogP) is 18.7. The second-order valence-corrected chi connectivity index (χ2v) is 29.9. The van der Waals surface area contributed by atoms with Crippen LogP contribution in [0.15, 0.2) is 297 Å². The Hall–Kier alpha value is -9.42. The molecule has 0 heterocycles. The molecule has 2 nitrogen and oxygen atoms in total. The summed E-state index contributed by atoms with van der Waals surface area (Å²) in [6.07, 6.45) is 0.820. The Labute approximate surface area is 502 Å². The van der Waals surface area contributed by atoms with Gasteiger partial charge in [0.2, 0.25) is 0 Å². The maximum absolute atomic E-state index is 15.9. The first kappa shape index (κ1) is 52.2. The maximum Gasteiger partial charge on any atom is 0.171 e. The summed E-state index contributed by atoms with van der Waals surface area (Å²) in [7, 11) is -6.50. The van der Waals surface area contributed by atoms with Crippen LogP contribution < -0.4 is 31.8 Å². The van der Waals surface area contributed by atoms with Gasteiger partial charge < -0.3 is 9.13 Å². The van der Waals surface area contributed by atoms with Gasteiger partial charge in [0.15, 0.2) is 14.3 Å². The molecule has 0 spiro atoms. The van der Waals surface area contributed by atoms with Crippen molar-refractivity contribution >= 4 is 89.2 Å². The summed E-state index contributed by atoms with van der Waals surface area (Å²) in [5.41, 5.74) is 15.7. The average molecular weight is 1140 g/mol. The Morgan fingerprint density at radius 3 is 1.30 bits per heavy atom. The molecule has 0 radical (unpaired) electrons. The summed E-state index contributed by atoms with van der Waals surface area (Å²) in [6, 6.07) is 106. The molecular formula is C82H60O2P2. The molecule has 0 fully saturated rings. The van der Waals surface area contributed by atoms with E-state index in [0.717, 1.165) is 82.0 Å². The molecule has 0 saturated heterocycles. The van der Waals surface area contributed by atoms with E-state index in [4.69, 9.17) is 0 Å². The summed E-state index contributed by atoms with van der Waals surface area (Å²) in [5, 5.41) is 14.2. The Kier molecular flexibility index (Phi) is 12.0. The van der Waals surface area contributed by atoms with Gasteiger partial charge in [-0.15, -0.1) is 0 Å². The molecule has 0 aliphatic heterocycles. The molecule has 14 aromatic rings. The van der Waals surface area contributed by atoms with Crippen LogP contribution in [0.1, 0.15) is 48.6 Å². The van der Waals surface area contributed by atoms with E-state index in [-0.39, 0.29) is 10.8 Å². The van der Waals surface area contributed by atoms with Gasteiger partial charge in [0.05, 0.1) is 0 Å². The normalized spacial score (nSPS) is 15.0. The van der Waals surface area contributed by atoms with Crippen molar-refractivity contribution in [1.82, 2.24) is 0 Å². The number of hydrogen-bond donors (Lipinski definition) is 0. The maximum atomic E-state index is 15.9. The highest BCUT2D eigenvalue weighted by molar-refractivity contribution is 7.86. The zero-order valence-electron chi connectivity index (χ0n) is 48.2. The largest absolute Gasteiger partial charge is 0.309 e. The summed E-state index contributed by atoms with van der Waals surface area (Å²) in [6.45, 7) is 7.18. The molecule has 0 saturated carbocycles. The SMILES string of the molecule is CC1(C)c2ccc(-c3ccc(P(=O)(c4ccccc4)c4ccccc4)c4ccccc34)cc2-c2cc3cc(CC4(C)c5ccc(-c6cccc7c(P(=O)(c8ccccc8)c8ccccc8)cccc67)cc5-c5cc6ccccc6cc54)ccc3cc21. The van der Waals surface area contributed by atoms with E-state index in [1.807, 2.05) is 121 Å². The van der Waals surface area contributed by atoms with Gasteiger partial charge >= 0.3 is 0 Å². The van der Waals surface area contributed by atoms with Crippen LogP contribution in [-0.2, 0) is 26.4 Å². The third-order valence-corrected chi connectivity index (χ3v) is 25.5. The summed E-state index contributed by atoms with van der Waals surface area (Å²) < 4.78 is 31.7. The Morgan fingerprint density at radius 1 is 0.279 bits per heavy atom. The molecule has 2 aliphatic rings. The number of fused-ring (bicyclic) bond motifs is 10. The number of hydrogen-bond acceptors (Lipinski definition) is 2. The first-order valence-electron chi connectivity index (χ1n) is 29.9. The fraction of sp³-hybridized carbons (Fsp3) is 0.0732. The van der Waals surface area contributed by atoms with E-state index in [0.29, 0.717) is 0 Å². The molecule has 410 valence electrons. The van der Waals surface area contributed by atoms with Crippen molar-refractivity contribution in [1.29, 1.82) is 0 Å². The number of benzene rings is 14. The minimum atomic E-state index is -3.25. The van der Waals surface area contributed by atoms with Gasteiger partial charge in [0.1, 0.15) is 0 Å². The first-order valence-corrected chi connectivity index (χ1v) is 33.3. The van der Waals surface area contributed by atoms with Gasteiger partial charge in [-0.05, 0) is 164 Å². The van der Waals surface area contributed by atoms with Crippen LogP contribution in [0.2, 0.25) is 0 Å². The third-order valence-electron chi connectivity index (χ3n) is 19.2. The molecule has 2 aliphatic carbocycles. The van der Waals surface area contributed by atoms with E-state index < -0.39 is 14.3 Å². The van der Waals surface area contributed by atoms with Crippen LogP contribution in [0.4, 0.5) is 0 Å². The lowest BCUT2D eigenvalue weighted by atomic mass is 9.74. The van der Waals surface area contributed by atoms with Gasteiger partial charge in [0, 0.05) is 42.7 Å². The molecule has 0 bridgehead atoms. The Morgan fingerprint density at radius 2 is 0.698 bits per heavy atom. The Bertz CT molecular complexity index is 5100. The van der Waals surface area contributed by atoms with Crippen molar-refractivity contribution < 1.29 is 9.13 Å². The van der Waals surface area contributed by atoms with Gasteiger partial charge in [-0.25, -0.2) is 0 Å². The summed E-state index contributed by atoms with van der Waals surface area (Å²) >= 11 is 0. The minimum Gasteiger partial charge on any atom is -0.309 e. The van der Waals surface area contributed by atoms with Crippen molar-refractivity contribution in [2.45, 2.75) is 38.0 Å². The highest BCUT2D eigenvalue weighted by atomic mass is 31.2. The molecule has 86 heavy (non-hydrogen) atoms. The molecule has 1 atom stereocenters. The lowest BCUT2D eigenvalue weighted by Crippen LogP contribution is -2.25. The first-order chi connectivity index (χ1) is 42.0. The van der Waals surface area contributed by atoms with E-state index in [2.05, 4.69) is 197 Å². The lowest BCUT2D eigenvalue weighted by Gasteiger charge is -2.28. The third kappa shape index (κ3) is 7.93. The monoisotopic (exact) mass is 1140 g/mol. The molecule has 0 amide bonds. The Balaban J connectivity index is 0.786. The van der Waals surface area contributed by atoms with Gasteiger partial charge in [0.25, 0.3) is 0 Å². The lowest BCUT2D eigenvalue weighted by molar-refractivity contribution is 0.584. The van der Waals surface area contributed by atoms with Crippen LogP contribution in [0.3, 0.4) is 0 Å². The van der Waals surface area contributed by atoms with Crippen molar-refractivity contribution in [3.63, 3.8) is 0 Å². The second-order valence-electron chi connectivity index (χ2n) is 24.4. The minimum absolute atomic E-state index is 0.201. The molecule has 1 unspecified atom stereocenters. The van der Waals surface area contributed by atoms with Crippen LogP contribution in [-0.4, -0.2) is 0 Å². The molecular weight excluding hydrogens is 1080 g/mol.